The average molecular weight is 847 g/mol. The topological polar surface area (TPSA) is 139 Å². The molecule has 0 N–H and O–H groups in total. The van der Waals surface area contributed by atoms with Crippen molar-refractivity contribution in [2.45, 2.75) is 38.5 Å². The van der Waals surface area contributed by atoms with Gasteiger partial charge < -0.3 is 18.9 Å². The Morgan fingerprint density at radius 3 is 1.22 bits per heavy atom. The molecule has 2 aliphatic carbocycles. The average Bonchev–Trinajstić information content (AvgIpc) is 3.80. The molecule has 10 rings (SSSR count). The van der Waals surface area contributed by atoms with Crippen molar-refractivity contribution in [3.63, 3.8) is 0 Å². The molecule has 0 fully saturated rings. The highest BCUT2D eigenvalue weighted by atomic mass is 16.6. The van der Waals surface area contributed by atoms with Gasteiger partial charge in [-0.05, 0) is 144 Å². The lowest BCUT2D eigenvalue weighted by molar-refractivity contribution is 0.0425. The van der Waals surface area contributed by atoms with Crippen molar-refractivity contribution >= 4 is 47.0 Å². The Morgan fingerprint density at radius 1 is 0.422 bits per heavy atom. The molecule has 0 bridgehead atoms. The Labute approximate surface area is 367 Å². The van der Waals surface area contributed by atoms with Gasteiger partial charge in [0.1, 0.15) is 11.5 Å². The number of benzene rings is 6. The van der Waals surface area contributed by atoms with E-state index >= 15 is 0 Å². The van der Waals surface area contributed by atoms with Crippen molar-refractivity contribution < 1.29 is 47.7 Å². The second-order valence-electron chi connectivity index (χ2n) is 16.3. The summed E-state index contributed by atoms with van der Waals surface area (Å²) in [6.07, 6.45) is 10.6. The summed E-state index contributed by atoms with van der Waals surface area (Å²) in [5, 5.41) is 0. The fourth-order valence-corrected chi connectivity index (χ4v) is 9.16. The first-order chi connectivity index (χ1) is 31.2. The summed E-state index contributed by atoms with van der Waals surface area (Å²) in [7, 11) is 0. The summed E-state index contributed by atoms with van der Waals surface area (Å²) in [4.78, 5) is 74.8. The molecule has 314 valence electrons. The first-order valence-corrected chi connectivity index (χ1v) is 21.2. The zero-order valence-corrected chi connectivity index (χ0v) is 34.3. The highest BCUT2D eigenvalue weighted by Gasteiger charge is 2.33. The molecule has 0 saturated carbocycles. The van der Waals surface area contributed by atoms with Gasteiger partial charge in [0, 0.05) is 11.1 Å². The second-order valence-corrected chi connectivity index (χ2v) is 16.3. The molecule has 2 unspecified atom stereocenters. The fourth-order valence-electron chi connectivity index (χ4n) is 9.16. The van der Waals surface area contributed by atoms with E-state index in [1.54, 1.807) is 0 Å². The molecule has 0 aromatic heterocycles. The monoisotopic (exact) mass is 846 g/mol. The highest BCUT2D eigenvalue weighted by molar-refractivity contribution is 6.16. The van der Waals surface area contributed by atoms with Crippen LogP contribution in [0.25, 0.3) is 33.4 Å². The van der Waals surface area contributed by atoms with Gasteiger partial charge in [0.2, 0.25) is 0 Å². The van der Waals surface area contributed by atoms with Crippen LogP contribution in [0.3, 0.4) is 0 Å². The van der Waals surface area contributed by atoms with Crippen molar-refractivity contribution in [3.05, 3.63) is 190 Å². The molecular weight excluding hydrogens is 809 g/mol. The predicted molar refractivity (Wildman–Crippen MR) is 237 cm³/mol. The van der Waals surface area contributed by atoms with E-state index in [2.05, 4.69) is 33.8 Å². The molecule has 10 heteroatoms. The van der Waals surface area contributed by atoms with Crippen LogP contribution in [0.4, 0.5) is 0 Å². The number of allylic oxidation sites excluding steroid dienone is 4. The van der Waals surface area contributed by atoms with Gasteiger partial charge >= 0.3 is 35.8 Å². The number of carbonyl (C=O) groups is 6. The number of hydrogen-bond acceptors (Lipinski definition) is 10. The van der Waals surface area contributed by atoms with Crippen molar-refractivity contribution in [2.24, 2.45) is 11.8 Å². The molecule has 6 aromatic carbocycles. The Kier molecular flexibility index (Phi) is 10.5. The summed E-state index contributed by atoms with van der Waals surface area (Å²) in [5.74, 6) is -2.49. The third kappa shape index (κ3) is 7.75. The molecule has 2 atom stereocenters. The standard InChI is InChI=1S/C54H38O10/c55-49(39-19-23-41-45(29-39)53(59)63-51(41)57)61-47-25-21-37(27-43(47)35-7-3-1-4-8-35)33-15-11-31(12-16-33)32-13-17-34(18-14-32)38-22-26-48(44(28-38)36-9-5-2-6-10-36)62-50(56)40-20-24-42-46(30-40)54(60)64-52(42)58/h1-10,15,17,19-32H,11-14,16,18H2. The SMILES string of the molecule is O=C(Oc1ccc(C2=CCC(C3CC=C(c4ccc(OC(=O)c5ccc6c(c5)C(=O)OC6=O)c(-c5ccccc5)c4)CC3)CC2)cc1-c1ccccc1)c1ccc2c(c1)C(=O)OC2=O. The maximum Gasteiger partial charge on any atom is 0.346 e. The minimum absolute atomic E-state index is 0.0438. The molecule has 0 radical (unpaired) electrons. The van der Waals surface area contributed by atoms with Crippen LogP contribution in [0.2, 0.25) is 0 Å². The van der Waals surface area contributed by atoms with Gasteiger partial charge in [-0.2, -0.15) is 0 Å². The maximum atomic E-state index is 13.4. The van der Waals surface area contributed by atoms with E-state index in [9.17, 15) is 28.8 Å². The van der Waals surface area contributed by atoms with Crippen LogP contribution < -0.4 is 9.47 Å². The third-order valence-electron chi connectivity index (χ3n) is 12.6. The molecule has 6 aromatic rings. The van der Waals surface area contributed by atoms with Crippen LogP contribution in [-0.4, -0.2) is 35.8 Å². The Bertz CT molecular complexity index is 2810. The first kappa shape index (κ1) is 40.1. The molecule has 4 aliphatic rings. The van der Waals surface area contributed by atoms with Gasteiger partial charge in [-0.1, -0.05) is 84.9 Å². The number of rotatable bonds is 9. The summed E-state index contributed by atoms with van der Waals surface area (Å²) >= 11 is 0. The van der Waals surface area contributed by atoms with Crippen molar-refractivity contribution in [1.82, 2.24) is 0 Å². The van der Waals surface area contributed by atoms with Crippen LogP contribution in [-0.2, 0) is 9.47 Å². The fraction of sp³-hybridized carbons (Fsp3) is 0.148. The van der Waals surface area contributed by atoms with Crippen LogP contribution in [0.5, 0.6) is 11.5 Å². The van der Waals surface area contributed by atoms with E-state index in [0.717, 1.165) is 71.9 Å². The molecule has 0 spiro atoms. The van der Waals surface area contributed by atoms with Gasteiger partial charge in [0.25, 0.3) is 0 Å². The van der Waals surface area contributed by atoms with Crippen LogP contribution in [0.15, 0.2) is 146 Å². The maximum absolute atomic E-state index is 13.4. The zero-order valence-electron chi connectivity index (χ0n) is 34.3. The number of fused-ring (bicyclic) bond motifs is 2. The van der Waals surface area contributed by atoms with E-state index in [1.807, 2.05) is 84.9 Å². The summed E-state index contributed by atoms with van der Waals surface area (Å²) in [6.45, 7) is 0. The van der Waals surface area contributed by atoms with Crippen molar-refractivity contribution in [2.75, 3.05) is 0 Å². The normalized spacial score (nSPS) is 17.7. The van der Waals surface area contributed by atoms with Gasteiger partial charge in [-0.25, -0.2) is 28.8 Å². The number of carbonyl (C=O) groups excluding carboxylic acids is 6. The Morgan fingerprint density at radius 2 is 0.828 bits per heavy atom. The molecule has 64 heavy (non-hydrogen) atoms. The van der Waals surface area contributed by atoms with Crippen LogP contribution >= 0.6 is 0 Å². The van der Waals surface area contributed by atoms with E-state index in [1.165, 1.54) is 47.5 Å². The van der Waals surface area contributed by atoms with E-state index in [0.29, 0.717) is 23.3 Å². The summed E-state index contributed by atoms with van der Waals surface area (Å²) in [6, 6.07) is 39.6. The molecular formula is C54H38O10. The quantitative estimate of drug-likeness (QED) is 0.0784. The number of cyclic esters (lactones) is 4. The lowest BCUT2D eigenvalue weighted by Crippen LogP contribution is -2.19. The first-order valence-electron chi connectivity index (χ1n) is 21.2. The lowest BCUT2D eigenvalue weighted by Gasteiger charge is -2.32. The number of esters is 6. The number of ether oxygens (including phenoxy) is 4. The van der Waals surface area contributed by atoms with Gasteiger partial charge in [-0.3, -0.25) is 0 Å². The third-order valence-corrected chi connectivity index (χ3v) is 12.6. The Hall–Kier alpha value is -7.98. The molecule has 10 nitrogen and oxygen atoms in total. The van der Waals surface area contributed by atoms with E-state index < -0.39 is 35.8 Å². The molecule has 2 heterocycles. The molecule has 0 amide bonds. The largest absolute Gasteiger partial charge is 0.422 e. The smallest absolute Gasteiger partial charge is 0.346 e. The minimum atomic E-state index is -0.785. The Balaban J connectivity index is 0.830. The van der Waals surface area contributed by atoms with Crippen molar-refractivity contribution in [1.29, 1.82) is 0 Å². The lowest BCUT2D eigenvalue weighted by atomic mass is 9.73. The predicted octanol–water partition coefficient (Wildman–Crippen LogP) is 11.1. The highest BCUT2D eigenvalue weighted by Crippen LogP contribution is 2.44. The van der Waals surface area contributed by atoms with E-state index in [4.69, 9.17) is 9.47 Å². The van der Waals surface area contributed by atoms with Crippen LogP contribution in [0.1, 0.15) is 112 Å². The summed E-state index contributed by atoms with van der Waals surface area (Å²) in [5.41, 5.74) is 8.57. The van der Waals surface area contributed by atoms with Gasteiger partial charge in [-0.15, -0.1) is 0 Å². The van der Waals surface area contributed by atoms with Gasteiger partial charge in [0.05, 0.1) is 33.4 Å². The molecule has 2 aliphatic heterocycles. The zero-order chi connectivity index (χ0) is 43.9. The van der Waals surface area contributed by atoms with Gasteiger partial charge in [0.15, 0.2) is 0 Å². The second kappa shape index (κ2) is 16.7. The summed E-state index contributed by atoms with van der Waals surface area (Å²) < 4.78 is 21.2. The minimum Gasteiger partial charge on any atom is -0.422 e. The molecule has 0 saturated heterocycles. The van der Waals surface area contributed by atoms with Crippen LogP contribution in [0, 0.1) is 11.8 Å². The number of hydrogen-bond donors (Lipinski definition) is 0. The van der Waals surface area contributed by atoms with Crippen molar-refractivity contribution in [3.8, 4) is 33.8 Å². The van der Waals surface area contributed by atoms with E-state index in [-0.39, 0.29) is 33.4 Å².